The van der Waals surface area contributed by atoms with Crippen LogP contribution in [0.4, 0.5) is 5.95 Å². The van der Waals surface area contributed by atoms with E-state index in [2.05, 4.69) is 37.3 Å². The van der Waals surface area contributed by atoms with E-state index in [9.17, 15) is 0 Å². The summed E-state index contributed by atoms with van der Waals surface area (Å²) in [6.45, 7) is 4.79. The third-order valence-electron chi connectivity index (χ3n) is 4.76. The van der Waals surface area contributed by atoms with Crippen LogP contribution in [0.25, 0.3) is 0 Å². The van der Waals surface area contributed by atoms with Crippen molar-refractivity contribution in [3.05, 3.63) is 48.5 Å². The zero-order chi connectivity index (χ0) is 15.5. The van der Waals surface area contributed by atoms with E-state index in [0.29, 0.717) is 23.9 Å². The predicted molar refractivity (Wildman–Crippen MR) is 86.8 cm³/mol. The zero-order valence-corrected chi connectivity index (χ0v) is 13.0. The molecule has 120 valence electrons. The third kappa shape index (κ3) is 3.33. The van der Waals surface area contributed by atoms with Crippen LogP contribution >= 0.6 is 0 Å². The van der Waals surface area contributed by atoms with E-state index in [0.717, 1.165) is 32.8 Å². The fourth-order valence-corrected chi connectivity index (χ4v) is 3.58. The maximum absolute atomic E-state index is 6.01. The molecule has 0 aliphatic carbocycles. The fraction of sp³-hybridized carbons (Fsp3) is 0.471. The summed E-state index contributed by atoms with van der Waals surface area (Å²) in [5.74, 6) is 1.81. The number of ether oxygens (including phenoxy) is 1. The minimum atomic E-state index is 0.361. The van der Waals surface area contributed by atoms with Gasteiger partial charge in [0.2, 0.25) is 5.95 Å². The second-order valence-electron chi connectivity index (χ2n) is 6.30. The Hall–Kier alpha value is -2.05. The number of fused-ring (bicyclic) bond motifs is 1. The quantitative estimate of drug-likeness (QED) is 0.901. The summed E-state index contributed by atoms with van der Waals surface area (Å²) in [5, 5.41) is 3.33. The van der Waals surface area contributed by atoms with Crippen LogP contribution in [0.3, 0.4) is 0 Å². The smallest absolute Gasteiger partial charge is 0.222 e. The highest BCUT2D eigenvalue weighted by molar-refractivity contribution is 5.22. The summed E-state index contributed by atoms with van der Waals surface area (Å²) in [5.41, 5.74) is 1.31. The van der Waals surface area contributed by atoms with Gasteiger partial charge in [0.25, 0.3) is 0 Å². The van der Waals surface area contributed by atoms with E-state index in [1.165, 1.54) is 5.56 Å². The molecular weight excluding hydrogens is 290 g/mol. The Labute approximate surface area is 135 Å². The standard InChI is InChI=1S/C17H21N5O/c1-4-19-17(20-5-1)21-8-14-12-23-16-11-22(10-15(14)16)9-13-2-6-18-7-3-13/h1-7,14-16H,8-12H2,(H,19,20,21)/t14-,15+,16+/m0/s1. The first kappa shape index (κ1) is 14.5. The molecule has 0 saturated carbocycles. The summed E-state index contributed by atoms with van der Waals surface area (Å²) in [7, 11) is 0. The maximum Gasteiger partial charge on any atom is 0.222 e. The van der Waals surface area contributed by atoms with Crippen molar-refractivity contribution in [2.45, 2.75) is 12.6 Å². The van der Waals surface area contributed by atoms with E-state index in [1.54, 1.807) is 12.4 Å². The van der Waals surface area contributed by atoms with Crippen molar-refractivity contribution < 1.29 is 4.74 Å². The van der Waals surface area contributed by atoms with Crippen LogP contribution in [0.1, 0.15) is 5.56 Å². The average Bonchev–Trinajstić information content (AvgIpc) is 3.15. The SMILES string of the molecule is c1cnc(NC[C@H]2CO[C@@H]3CN(Cc4ccncc4)C[C@H]23)nc1. The van der Waals surface area contributed by atoms with Crippen LogP contribution in [0, 0.1) is 11.8 Å². The molecule has 2 fully saturated rings. The molecule has 23 heavy (non-hydrogen) atoms. The molecule has 2 saturated heterocycles. The second-order valence-corrected chi connectivity index (χ2v) is 6.30. The lowest BCUT2D eigenvalue weighted by Gasteiger charge is -2.19. The highest BCUT2D eigenvalue weighted by atomic mass is 16.5. The molecule has 6 nitrogen and oxygen atoms in total. The number of anilines is 1. The van der Waals surface area contributed by atoms with Crippen molar-refractivity contribution in [2.75, 3.05) is 31.6 Å². The molecule has 0 bridgehead atoms. The van der Waals surface area contributed by atoms with E-state index in [1.807, 2.05) is 18.5 Å². The molecule has 0 spiro atoms. The van der Waals surface area contributed by atoms with Gasteiger partial charge >= 0.3 is 0 Å². The number of likely N-dealkylation sites (tertiary alicyclic amines) is 1. The van der Waals surface area contributed by atoms with E-state index in [4.69, 9.17) is 4.74 Å². The molecule has 2 aromatic heterocycles. The molecule has 0 radical (unpaired) electrons. The maximum atomic E-state index is 6.01. The van der Waals surface area contributed by atoms with E-state index in [-0.39, 0.29) is 0 Å². The topological polar surface area (TPSA) is 63.2 Å². The van der Waals surface area contributed by atoms with Gasteiger partial charge in [-0.15, -0.1) is 0 Å². The summed E-state index contributed by atoms with van der Waals surface area (Å²) >= 11 is 0. The van der Waals surface area contributed by atoms with Gasteiger partial charge in [-0.05, 0) is 23.8 Å². The number of rotatable bonds is 5. The molecule has 1 N–H and O–H groups in total. The zero-order valence-electron chi connectivity index (χ0n) is 13.0. The minimum absolute atomic E-state index is 0.361. The summed E-state index contributed by atoms with van der Waals surface area (Å²) in [6, 6.07) is 6.00. The Morgan fingerprint density at radius 2 is 1.96 bits per heavy atom. The van der Waals surface area contributed by atoms with Gasteiger partial charge in [-0.2, -0.15) is 0 Å². The largest absolute Gasteiger partial charge is 0.376 e. The van der Waals surface area contributed by atoms with Crippen LogP contribution < -0.4 is 5.32 Å². The van der Waals surface area contributed by atoms with Crippen LogP contribution in [-0.4, -0.2) is 52.2 Å². The van der Waals surface area contributed by atoms with Gasteiger partial charge < -0.3 is 10.1 Å². The highest BCUT2D eigenvalue weighted by Gasteiger charge is 2.43. The van der Waals surface area contributed by atoms with E-state index >= 15 is 0 Å². The minimum Gasteiger partial charge on any atom is -0.376 e. The van der Waals surface area contributed by atoms with Crippen LogP contribution in [-0.2, 0) is 11.3 Å². The number of aromatic nitrogens is 3. The molecular formula is C17H21N5O. The van der Waals surface area contributed by atoms with Gasteiger partial charge in [0.1, 0.15) is 0 Å². The van der Waals surface area contributed by atoms with Crippen molar-refractivity contribution >= 4 is 5.95 Å². The van der Waals surface area contributed by atoms with E-state index < -0.39 is 0 Å². The molecule has 4 rings (SSSR count). The average molecular weight is 311 g/mol. The van der Waals surface area contributed by atoms with Crippen molar-refractivity contribution in [3.63, 3.8) is 0 Å². The van der Waals surface area contributed by atoms with Gasteiger partial charge in [0, 0.05) is 62.8 Å². The fourth-order valence-electron chi connectivity index (χ4n) is 3.58. The Morgan fingerprint density at radius 3 is 2.78 bits per heavy atom. The van der Waals surface area contributed by atoms with Crippen LogP contribution in [0.15, 0.2) is 43.0 Å². The second kappa shape index (κ2) is 6.60. The first-order chi connectivity index (χ1) is 11.4. The monoisotopic (exact) mass is 311 g/mol. The molecule has 6 heteroatoms. The predicted octanol–water partition coefficient (Wildman–Crippen LogP) is 1.43. The molecule has 2 aliphatic rings. The first-order valence-corrected chi connectivity index (χ1v) is 8.12. The molecule has 0 amide bonds. The van der Waals surface area contributed by atoms with Gasteiger partial charge in [-0.1, -0.05) is 0 Å². The lowest BCUT2D eigenvalue weighted by atomic mass is 9.93. The number of nitrogens with one attached hydrogen (secondary N) is 1. The highest BCUT2D eigenvalue weighted by Crippen LogP contribution is 2.34. The molecule has 2 aromatic rings. The first-order valence-electron chi connectivity index (χ1n) is 8.12. The van der Waals surface area contributed by atoms with Gasteiger partial charge in [-0.3, -0.25) is 9.88 Å². The lowest BCUT2D eigenvalue weighted by molar-refractivity contribution is 0.0946. The van der Waals surface area contributed by atoms with Crippen molar-refractivity contribution in [2.24, 2.45) is 11.8 Å². The Kier molecular flexibility index (Phi) is 4.17. The molecule has 3 atom stereocenters. The number of pyridine rings is 1. The lowest BCUT2D eigenvalue weighted by Crippen LogP contribution is -2.27. The molecule has 0 aromatic carbocycles. The van der Waals surface area contributed by atoms with Gasteiger partial charge in [0.05, 0.1) is 12.7 Å². The Morgan fingerprint density at radius 1 is 1.13 bits per heavy atom. The molecule has 0 unspecified atom stereocenters. The number of hydrogen-bond acceptors (Lipinski definition) is 6. The van der Waals surface area contributed by atoms with Crippen molar-refractivity contribution in [1.82, 2.24) is 19.9 Å². The van der Waals surface area contributed by atoms with Crippen LogP contribution in [0.2, 0.25) is 0 Å². The third-order valence-corrected chi connectivity index (χ3v) is 4.76. The summed E-state index contributed by atoms with van der Waals surface area (Å²) < 4.78 is 6.01. The van der Waals surface area contributed by atoms with Gasteiger partial charge in [0.15, 0.2) is 0 Å². The van der Waals surface area contributed by atoms with Crippen molar-refractivity contribution in [3.8, 4) is 0 Å². The Balaban J connectivity index is 1.32. The normalized spacial score (nSPS) is 27.0. The van der Waals surface area contributed by atoms with Gasteiger partial charge in [-0.25, -0.2) is 9.97 Å². The molecule has 4 heterocycles. The number of nitrogens with zero attached hydrogens (tertiary/aromatic N) is 4. The van der Waals surface area contributed by atoms with Crippen molar-refractivity contribution in [1.29, 1.82) is 0 Å². The summed E-state index contributed by atoms with van der Waals surface area (Å²) in [4.78, 5) is 15.0. The van der Waals surface area contributed by atoms with Crippen LogP contribution in [0.5, 0.6) is 0 Å². The molecule has 2 aliphatic heterocycles. The summed E-state index contributed by atoms with van der Waals surface area (Å²) in [6.07, 6.45) is 7.59. The Bertz CT molecular complexity index is 623. The number of hydrogen-bond donors (Lipinski definition) is 1.